The van der Waals surface area contributed by atoms with Gasteiger partial charge in [0.2, 0.25) is 0 Å². The van der Waals surface area contributed by atoms with Crippen LogP contribution in [-0.4, -0.2) is 44.2 Å². The van der Waals surface area contributed by atoms with Crippen LogP contribution < -0.4 is 10.6 Å². The molecule has 1 rings (SSSR count). The lowest BCUT2D eigenvalue weighted by Gasteiger charge is -2.11. The zero-order chi connectivity index (χ0) is 8.27. The van der Waals surface area contributed by atoms with Gasteiger partial charge in [0, 0.05) is 19.6 Å². The summed E-state index contributed by atoms with van der Waals surface area (Å²) in [7, 11) is 3.69. The van der Waals surface area contributed by atoms with Crippen LogP contribution >= 0.6 is 0 Å². The summed E-state index contributed by atoms with van der Waals surface area (Å²) in [6.45, 7) is 2.04. The van der Waals surface area contributed by atoms with E-state index in [2.05, 4.69) is 22.6 Å². The van der Waals surface area contributed by atoms with E-state index in [1.54, 1.807) is 7.05 Å². The Hall–Kier alpha value is -0.770. The number of carbonyl (C=O) groups excluding carboxylic acids is 1. The number of hydrogen-bond donors (Lipinski definition) is 2. The molecule has 0 radical (unpaired) electrons. The lowest BCUT2D eigenvalue weighted by Crippen LogP contribution is -2.41. The van der Waals surface area contributed by atoms with Gasteiger partial charge in [-0.2, -0.15) is 0 Å². The second-order valence-electron chi connectivity index (χ2n) is 2.97. The highest BCUT2D eigenvalue weighted by Crippen LogP contribution is 2.05. The molecule has 0 aromatic heterocycles. The van der Waals surface area contributed by atoms with Crippen LogP contribution in [0.2, 0.25) is 0 Å². The molecule has 0 bridgehead atoms. The third kappa shape index (κ3) is 2.38. The quantitative estimate of drug-likeness (QED) is 0.545. The Bertz CT molecular complexity index is 149. The fourth-order valence-corrected chi connectivity index (χ4v) is 1.31. The molecule has 0 saturated carbocycles. The molecule has 2 amide bonds. The Morgan fingerprint density at radius 1 is 1.64 bits per heavy atom. The highest BCUT2D eigenvalue weighted by atomic mass is 16.2. The maximum Gasteiger partial charge on any atom is 0.314 e. The van der Waals surface area contributed by atoms with Gasteiger partial charge >= 0.3 is 6.03 Å². The van der Waals surface area contributed by atoms with E-state index in [9.17, 15) is 4.79 Å². The molecule has 0 aromatic carbocycles. The van der Waals surface area contributed by atoms with Gasteiger partial charge in [-0.3, -0.25) is 0 Å². The van der Waals surface area contributed by atoms with Gasteiger partial charge in [0.15, 0.2) is 0 Å². The second kappa shape index (κ2) is 3.57. The Labute approximate surface area is 66.9 Å². The van der Waals surface area contributed by atoms with Crippen LogP contribution in [0.5, 0.6) is 0 Å². The van der Waals surface area contributed by atoms with E-state index < -0.39 is 0 Å². The zero-order valence-electron chi connectivity index (χ0n) is 7.05. The van der Waals surface area contributed by atoms with Crippen molar-refractivity contribution in [2.45, 2.75) is 12.5 Å². The van der Waals surface area contributed by atoms with Crippen molar-refractivity contribution in [2.24, 2.45) is 0 Å². The van der Waals surface area contributed by atoms with Gasteiger partial charge in [-0.1, -0.05) is 0 Å². The SMILES string of the molecule is CNC(=O)N[C@@H]1CCN(C)C1. The van der Waals surface area contributed by atoms with Crippen molar-refractivity contribution in [3.05, 3.63) is 0 Å². The van der Waals surface area contributed by atoms with Gasteiger partial charge in [0.1, 0.15) is 0 Å². The van der Waals surface area contributed by atoms with Crippen LogP contribution in [0.1, 0.15) is 6.42 Å². The van der Waals surface area contributed by atoms with Crippen molar-refractivity contribution >= 4 is 6.03 Å². The molecule has 1 aliphatic rings. The number of likely N-dealkylation sites (tertiary alicyclic amines) is 1. The molecule has 0 aromatic rings. The van der Waals surface area contributed by atoms with Crippen LogP contribution in [0.4, 0.5) is 4.79 Å². The Balaban J connectivity index is 2.23. The van der Waals surface area contributed by atoms with Gasteiger partial charge in [0.05, 0.1) is 0 Å². The number of amides is 2. The third-order valence-corrected chi connectivity index (χ3v) is 1.95. The van der Waals surface area contributed by atoms with Crippen LogP contribution in [-0.2, 0) is 0 Å². The first-order chi connectivity index (χ1) is 5.22. The molecular weight excluding hydrogens is 142 g/mol. The highest BCUT2D eigenvalue weighted by Gasteiger charge is 2.19. The zero-order valence-corrected chi connectivity index (χ0v) is 7.05. The molecular formula is C7H15N3O. The summed E-state index contributed by atoms with van der Waals surface area (Å²) in [5.74, 6) is 0. The van der Waals surface area contributed by atoms with Gasteiger partial charge in [-0.05, 0) is 20.0 Å². The molecule has 0 aliphatic carbocycles. The number of rotatable bonds is 1. The Morgan fingerprint density at radius 2 is 2.36 bits per heavy atom. The molecule has 4 heteroatoms. The van der Waals surface area contributed by atoms with Crippen molar-refractivity contribution in [2.75, 3.05) is 27.2 Å². The van der Waals surface area contributed by atoms with Gasteiger partial charge in [-0.25, -0.2) is 4.79 Å². The summed E-state index contributed by atoms with van der Waals surface area (Å²) in [6, 6.07) is 0.255. The molecule has 64 valence electrons. The summed E-state index contributed by atoms with van der Waals surface area (Å²) in [6.07, 6.45) is 1.06. The summed E-state index contributed by atoms with van der Waals surface area (Å²) in [4.78, 5) is 13.0. The van der Waals surface area contributed by atoms with E-state index in [1.165, 1.54) is 0 Å². The fourth-order valence-electron chi connectivity index (χ4n) is 1.31. The molecule has 1 heterocycles. The molecule has 0 unspecified atom stereocenters. The van der Waals surface area contributed by atoms with Crippen LogP contribution in [0, 0.1) is 0 Å². The standard InChI is InChI=1S/C7H15N3O/c1-8-7(11)9-6-3-4-10(2)5-6/h6H,3-5H2,1-2H3,(H2,8,9,11)/t6-/m1/s1. The largest absolute Gasteiger partial charge is 0.341 e. The van der Waals surface area contributed by atoms with Crippen molar-refractivity contribution in [1.29, 1.82) is 0 Å². The summed E-state index contributed by atoms with van der Waals surface area (Å²) < 4.78 is 0. The molecule has 1 aliphatic heterocycles. The summed E-state index contributed by atoms with van der Waals surface area (Å²) >= 11 is 0. The minimum absolute atomic E-state index is 0.0784. The van der Waals surface area contributed by atoms with Crippen molar-refractivity contribution < 1.29 is 4.79 Å². The van der Waals surface area contributed by atoms with E-state index in [0.29, 0.717) is 6.04 Å². The maximum absolute atomic E-state index is 10.8. The third-order valence-electron chi connectivity index (χ3n) is 1.95. The lowest BCUT2D eigenvalue weighted by atomic mass is 10.3. The fraction of sp³-hybridized carbons (Fsp3) is 0.857. The normalized spacial score (nSPS) is 25.1. The molecule has 11 heavy (non-hydrogen) atoms. The van der Waals surface area contributed by atoms with E-state index >= 15 is 0 Å². The molecule has 1 saturated heterocycles. The van der Waals surface area contributed by atoms with Gasteiger partial charge in [0.25, 0.3) is 0 Å². The molecule has 4 nitrogen and oxygen atoms in total. The van der Waals surface area contributed by atoms with Crippen LogP contribution in [0.25, 0.3) is 0 Å². The molecule has 0 spiro atoms. The van der Waals surface area contributed by atoms with E-state index in [1.807, 2.05) is 0 Å². The molecule has 2 N–H and O–H groups in total. The maximum atomic E-state index is 10.8. The number of nitrogens with zero attached hydrogens (tertiary/aromatic N) is 1. The van der Waals surface area contributed by atoms with E-state index in [-0.39, 0.29) is 6.03 Å². The number of hydrogen-bond acceptors (Lipinski definition) is 2. The van der Waals surface area contributed by atoms with Crippen molar-refractivity contribution in [3.8, 4) is 0 Å². The summed E-state index contributed by atoms with van der Waals surface area (Å²) in [5.41, 5.74) is 0. The average Bonchev–Trinajstić information content (AvgIpc) is 2.35. The molecule has 1 atom stereocenters. The van der Waals surface area contributed by atoms with E-state index in [0.717, 1.165) is 19.5 Å². The smallest absolute Gasteiger partial charge is 0.314 e. The Kier molecular flexibility index (Phi) is 2.70. The van der Waals surface area contributed by atoms with Crippen molar-refractivity contribution in [1.82, 2.24) is 15.5 Å². The minimum atomic E-state index is -0.0784. The second-order valence-corrected chi connectivity index (χ2v) is 2.97. The number of nitrogens with one attached hydrogen (secondary N) is 2. The first-order valence-electron chi connectivity index (χ1n) is 3.89. The van der Waals surface area contributed by atoms with Gasteiger partial charge in [-0.15, -0.1) is 0 Å². The molecule has 1 fully saturated rings. The van der Waals surface area contributed by atoms with Crippen LogP contribution in [0.3, 0.4) is 0 Å². The minimum Gasteiger partial charge on any atom is -0.341 e. The topological polar surface area (TPSA) is 44.4 Å². The number of urea groups is 1. The highest BCUT2D eigenvalue weighted by molar-refractivity contribution is 5.73. The van der Waals surface area contributed by atoms with Gasteiger partial charge < -0.3 is 15.5 Å². The van der Waals surface area contributed by atoms with Crippen molar-refractivity contribution in [3.63, 3.8) is 0 Å². The average molecular weight is 157 g/mol. The summed E-state index contributed by atoms with van der Waals surface area (Å²) in [5, 5.41) is 5.41. The Morgan fingerprint density at radius 3 is 2.82 bits per heavy atom. The monoisotopic (exact) mass is 157 g/mol. The number of likely N-dealkylation sites (N-methyl/N-ethyl adjacent to an activating group) is 1. The first kappa shape index (κ1) is 8.33. The lowest BCUT2D eigenvalue weighted by molar-refractivity contribution is 0.239. The van der Waals surface area contributed by atoms with E-state index in [4.69, 9.17) is 0 Å². The predicted molar refractivity (Wildman–Crippen MR) is 43.5 cm³/mol. The predicted octanol–water partition coefficient (Wildman–Crippen LogP) is -0.380. The van der Waals surface area contributed by atoms with Crippen LogP contribution in [0.15, 0.2) is 0 Å². The number of carbonyl (C=O) groups is 1. The first-order valence-corrected chi connectivity index (χ1v) is 3.89.